The Hall–Kier alpha value is -3.32. The molecule has 28 heavy (non-hydrogen) atoms. The maximum absolute atomic E-state index is 13.1. The summed E-state index contributed by atoms with van der Waals surface area (Å²) >= 11 is 0. The number of carbonyl (C=O) groups excluding carboxylic acids is 1. The second kappa shape index (κ2) is 7.74. The number of para-hydroxylation sites is 2. The van der Waals surface area contributed by atoms with E-state index in [2.05, 4.69) is 0 Å². The number of rotatable bonds is 5. The molecule has 1 aliphatic rings. The molecule has 7 nitrogen and oxygen atoms in total. The van der Waals surface area contributed by atoms with Gasteiger partial charge in [0, 0.05) is 17.5 Å². The first-order valence-corrected chi connectivity index (χ1v) is 8.95. The van der Waals surface area contributed by atoms with Crippen molar-refractivity contribution in [1.29, 1.82) is 0 Å². The predicted molar refractivity (Wildman–Crippen MR) is 100 cm³/mol. The highest BCUT2D eigenvalue weighted by Gasteiger charge is 2.32. The van der Waals surface area contributed by atoms with Gasteiger partial charge in [-0.15, -0.1) is 0 Å². The lowest BCUT2D eigenvalue weighted by atomic mass is 10.1. The Morgan fingerprint density at radius 3 is 2.64 bits per heavy atom. The van der Waals surface area contributed by atoms with E-state index in [-0.39, 0.29) is 31.4 Å². The van der Waals surface area contributed by atoms with Crippen molar-refractivity contribution >= 4 is 22.8 Å². The monoisotopic (exact) mass is 381 g/mol. The highest BCUT2D eigenvalue weighted by atomic mass is 16.5. The number of carbonyl (C=O) groups is 2. The van der Waals surface area contributed by atoms with Crippen molar-refractivity contribution in [3.8, 4) is 5.75 Å². The summed E-state index contributed by atoms with van der Waals surface area (Å²) in [4.78, 5) is 25.8. The molecule has 0 radical (unpaired) electrons. The maximum atomic E-state index is 13.1. The van der Waals surface area contributed by atoms with Gasteiger partial charge in [-0.1, -0.05) is 36.4 Å². The van der Waals surface area contributed by atoms with Crippen LogP contribution in [0.4, 0.5) is 0 Å². The molecule has 2 aromatic carbocycles. The third kappa shape index (κ3) is 3.57. The Balaban J connectivity index is 1.64. The fraction of sp³-hybridized carbons (Fsp3) is 0.238. The average Bonchev–Trinajstić information content (AvgIpc) is 3.11. The molecule has 2 heterocycles. The van der Waals surface area contributed by atoms with Crippen molar-refractivity contribution in [2.45, 2.75) is 12.7 Å². The van der Waals surface area contributed by atoms with E-state index in [1.54, 1.807) is 6.07 Å². The van der Waals surface area contributed by atoms with Crippen LogP contribution in [0, 0.1) is 0 Å². The van der Waals surface area contributed by atoms with E-state index in [0.29, 0.717) is 23.4 Å². The van der Waals surface area contributed by atoms with Crippen LogP contribution in [0.1, 0.15) is 16.1 Å². The number of hydrogen-bond donors (Lipinski definition) is 1. The summed E-state index contributed by atoms with van der Waals surface area (Å²) in [6, 6.07) is 16.7. The quantitative estimate of drug-likeness (QED) is 0.731. The maximum Gasteiger partial charge on any atom is 0.334 e. The zero-order valence-electron chi connectivity index (χ0n) is 15.0. The van der Waals surface area contributed by atoms with Gasteiger partial charge in [0.15, 0.2) is 11.9 Å². The van der Waals surface area contributed by atoms with E-state index in [0.717, 1.165) is 5.39 Å². The second-order valence-electron chi connectivity index (χ2n) is 6.46. The lowest BCUT2D eigenvalue weighted by molar-refractivity contribution is -0.154. The van der Waals surface area contributed by atoms with Crippen molar-refractivity contribution < 1.29 is 28.6 Å². The van der Waals surface area contributed by atoms with E-state index < -0.39 is 12.1 Å². The molecule has 1 saturated heterocycles. The number of ether oxygens (including phenoxy) is 2. The van der Waals surface area contributed by atoms with Gasteiger partial charge in [0.2, 0.25) is 0 Å². The number of nitrogens with zero attached hydrogens (tertiary/aromatic N) is 1. The van der Waals surface area contributed by atoms with Crippen LogP contribution in [0.3, 0.4) is 0 Å². The lowest BCUT2D eigenvalue weighted by Gasteiger charge is -2.30. The average molecular weight is 381 g/mol. The third-order valence-electron chi connectivity index (χ3n) is 4.65. The van der Waals surface area contributed by atoms with E-state index in [4.69, 9.17) is 13.9 Å². The first-order chi connectivity index (χ1) is 13.6. The van der Waals surface area contributed by atoms with Gasteiger partial charge in [-0.2, -0.15) is 0 Å². The zero-order chi connectivity index (χ0) is 19.5. The zero-order valence-corrected chi connectivity index (χ0v) is 15.0. The number of carboxylic acid groups (broad SMARTS) is 1. The molecule has 1 atom stereocenters. The van der Waals surface area contributed by atoms with Crippen LogP contribution in [0.2, 0.25) is 0 Å². The van der Waals surface area contributed by atoms with Crippen molar-refractivity contribution in [3.63, 3.8) is 0 Å². The normalized spacial score (nSPS) is 16.9. The van der Waals surface area contributed by atoms with E-state index in [1.807, 2.05) is 48.5 Å². The molecule has 4 rings (SSSR count). The van der Waals surface area contributed by atoms with Crippen molar-refractivity contribution in [2.75, 3.05) is 19.7 Å². The predicted octanol–water partition coefficient (Wildman–Crippen LogP) is 2.94. The molecule has 1 N–H and O–H groups in total. The Morgan fingerprint density at radius 2 is 1.86 bits per heavy atom. The minimum Gasteiger partial charge on any atom is -0.489 e. The highest BCUT2D eigenvalue weighted by molar-refractivity contribution is 5.99. The SMILES string of the molecule is O=C(O)[C@H]1CN(C(=O)c2oc3ccccc3c2COc2ccccc2)CCO1. The Labute approximate surface area is 161 Å². The van der Waals surface area contributed by atoms with Crippen molar-refractivity contribution in [3.05, 3.63) is 65.9 Å². The van der Waals surface area contributed by atoms with E-state index >= 15 is 0 Å². The molecule has 1 fully saturated rings. The minimum atomic E-state index is -1.09. The van der Waals surface area contributed by atoms with Gasteiger partial charge in [-0.25, -0.2) is 4.79 Å². The van der Waals surface area contributed by atoms with Gasteiger partial charge in [-0.05, 0) is 18.2 Å². The molecule has 3 aromatic rings. The number of hydrogen-bond acceptors (Lipinski definition) is 5. The van der Waals surface area contributed by atoms with E-state index in [1.165, 1.54) is 4.90 Å². The fourth-order valence-electron chi connectivity index (χ4n) is 3.21. The standard InChI is InChI=1S/C21H19NO6/c23-20(22-10-11-26-18(12-22)21(24)25)19-16(13-27-14-6-2-1-3-7-14)15-8-4-5-9-17(15)28-19/h1-9,18H,10-13H2,(H,24,25)/t18-/m1/s1. The van der Waals surface area contributed by atoms with E-state index in [9.17, 15) is 14.7 Å². The lowest BCUT2D eigenvalue weighted by Crippen LogP contribution is -2.48. The Bertz CT molecular complexity index is 997. The number of furan rings is 1. The Kier molecular flexibility index (Phi) is 4.99. The minimum absolute atomic E-state index is 0.0236. The van der Waals surface area contributed by atoms with Crippen LogP contribution >= 0.6 is 0 Å². The number of amides is 1. The third-order valence-corrected chi connectivity index (χ3v) is 4.65. The molecule has 1 aromatic heterocycles. The summed E-state index contributed by atoms with van der Waals surface area (Å²) in [5, 5.41) is 9.98. The number of carboxylic acids is 1. The van der Waals surface area contributed by atoms with Crippen LogP contribution in [0.15, 0.2) is 59.0 Å². The Morgan fingerprint density at radius 1 is 1.11 bits per heavy atom. The van der Waals surface area contributed by atoms with Gasteiger partial charge >= 0.3 is 5.97 Å². The molecule has 0 unspecified atom stereocenters. The molecule has 1 amide bonds. The smallest absolute Gasteiger partial charge is 0.334 e. The largest absolute Gasteiger partial charge is 0.489 e. The molecule has 0 spiro atoms. The summed E-state index contributed by atoms with van der Waals surface area (Å²) in [7, 11) is 0. The number of fused-ring (bicyclic) bond motifs is 1. The van der Waals surface area contributed by atoms with Crippen LogP contribution in [0.25, 0.3) is 11.0 Å². The molecule has 0 bridgehead atoms. The molecule has 0 aliphatic carbocycles. The molecule has 1 aliphatic heterocycles. The van der Waals surface area contributed by atoms with Gasteiger partial charge in [0.1, 0.15) is 17.9 Å². The first kappa shape index (κ1) is 18.1. The van der Waals surface area contributed by atoms with Crippen molar-refractivity contribution in [2.24, 2.45) is 0 Å². The summed E-state index contributed by atoms with van der Waals surface area (Å²) in [6.07, 6.45) is -1.04. The summed E-state index contributed by atoms with van der Waals surface area (Å²) in [5.41, 5.74) is 1.23. The van der Waals surface area contributed by atoms with Crippen LogP contribution < -0.4 is 4.74 Å². The number of aliphatic carboxylic acids is 1. The van der Waals surface area contributed by atoms with Crippen LogP contribution in [0.5, 0.6) is 5.75 Å². The molecule has 144 valence electrons. The van der Waals surface area contributed by atoms with Gasteiger partial charge in [-0.3, -0.25) is 4.79 Å². The van der Waals surface area contributed by atoms with Crippen LogP contribution in [-0.2, 0) is 16.1 Å². The highest BCUT2D eigenvalue weighted by Crippen LogP contribution is 2.28. The summed E-state index contributed by atoms with van der Waals surface area (Å²) in [5.74, 6) is -0.598. The first-order valence-electron chi connectivity index (χ1n) is 8.95. The molecule has 7 heteroatoms. The molecular formula is C21H19NO6. The fourth-order valence-corrected chi connectivity index (χ4v) is 3.21. The summed E-state index contributed by atoms with van der Waals surface area (Å²) in [6.45, 7) is 0.608. The summed E-state index contributed by atoms with van der Waals surface area (Å²) < 4.78 is 16.9. The van der Waals surface area contributed by atoms with Gasteiger partial charge in [0.25, 0.3) is 5.91 Å². The topological polar surface area (TPSA) is 89.2 Å². The number of benzene rings is 2. The number of morpholine rings is 1. The molecular weight excluding hydrogens is 362 g/mol. The van der Waals surface area contributed by atoms with Gasteiger partial charge in [0.05, 0.1) is 13.2 Å². The molecule has 0 saturated carbocycles. The van der Waals surface area contributed by atoms with Gasteiger partial charge < -0.3 is 23.9 Å². The second-order valence-corrected chi connectivity index (χ2v) is 6.46. The van der Waals surface area contributed by atoms with Crippen LogP contribution in [-0.4, -0.2) is 47.7 Å². The van der Waals surface area contributed by atoms with Crippen molar-refractivity contribution in [1.82, 2.24) is 4.90 Å².